The first kappa shape index (κ1) is 13.0. The summed E-state index contributed by atoms with van der Waals surface area (Å²) in [4.78, 5) is 17.8. The number of carbonyl (C=O) groups excluding carboxylic acids is 1. The van der Waals surface area contributed by atoms with E-state index in [4.69, 9.17) is 5.73 Å². The number of hydrogen-bond acceptors (Lipinski definition) is 4. The molecule has 3 N–H and O–H groups in total. The summed E-state index contributed by atoms with van der Waals surface area (Å²) >= 11 is 0. The fourth-order valence-electron chi connectivity index (χ4n) is 2.27. The van der Waals surface area contributed by atoms with Crippen LogP contribution in [0, 0.1) is 0 Å². The maximum atomic E-state index is 12.0. The highest BCUT2D eigenvalue weighted by Crippen LogP contribution is 2.26. The van der Waals surface area contributed by atoms with E-state index in [2.05, 4.69) is 4.98 Å². The lowest BCUT2D eigenvalue weighted by molar-refractivity contribution is -0.0861. The van der Waals surface area contributed by atoms with Gasteiger partial charge in [-0.3, -0.25) is 9.78 Å². The largest absolute Gasteiger partial charge is 0.386 e. The monoisotopic (exact) mass is 249 g/mol. The van der Waals surface area contributed by atoms with E-state index < -0.39 is 5.60 Å². The SMILES string of the molecule is CCCC1(O)CN(C(=O)c2ccc(CN)cn2)C1. The molecule has 2 rings (SSSR count). The van der Waals surface area contributed by atoms with Gasteiger partial charge in [-0.2, -0.15) is 0 Å². The number of aliphatic hydroxyl groups is 1. The summed E-state index contributed by atoms with van der Waals surface area (Å²) in [6.45, 7) is 3.25. The molecule has 0 unspecified atom stereocenters. The molecule has 0 aromatic carbocycles. The molecule has 1 fully saturated rings. The lowest BCUT2D eigenvalue weighted by atomic mass is 9.89. The van der Waals surface area contributed by atoms with Gasteiger partial charge in [0.25, 0.3) is 5.91 Å². The number of hydrogen-bond donors (Lipinski definition) is 2. The highest BCUT2D eigenvalue weighted by Gasteiger charge is 2.43. The summed E-state index contributed by atoms with van der Waals surface area (Å²) < 4.78 is 0. The van der Waals surface area contributed by atoms with E-state index >= 15 is 0 Å². The molecule has 1 aromatic rings. The smallest absolute Gasteiger partial charge is 0.272 e. The molecule has 18 heavy (non-hydrogen) atoms. The Labute approximate surface area is 107 Å². The van der Waals surface area contributed by atoms with Crippen LogP contribution in [-0.2, 0) is 6.54 Å². The fourth-order valence-corrected chi connectivity index (χ4v) is 2.27. The maximum Gasteiger partial charge on any atom is 0.272 e. The van der Waals surface area contributed by atoms with Crippen LogP contribution >= 0.6 is 0 Å². The molecule has 2 heterocycles. The van der Waals surface area contributed by atoms with Crippen LogP contribution in [0.1, 0.15) is 35.8 Å². The first-order chi connectivity index (χ1) is 8.58. The third-order valence-corrected chi connectivity index (χ3v) is 3.25. The van der Waals surface area contributed by atoms with Gasteiger partial charge in [0.1, 0.15) is 5.69 Å². The third-order valence-electron chi connectivity index (χ3n) is 3.25. The van der Waals surface area contributed by atoms with Gasteiger partial charge in [-0.1, -0.05) is 19.4 Å². The molecule has 1 aliphatic heterocycles. The quantitative estimate of drug-likeness (QED) is 0.815. The van der Waals surface area contributed by atoms with Crippen molar-refractivity contribution in [2.75, 3.05) is 13.1 Å². The highest BCUT2D eigenvalue weighted by atomic mass is 16.3. The standard InChI is InChI=1S/C13H19N3O2/c1-2-5-13(18)8-16(9-13)12(17)11-4-3-10(6-14)7-15-11/h3-4,7,18H,2,5-6,8-9,14H2,1H3. The number of pyridine rings is 1. The van der Waals surface area contributed by atoms with E-state index in [0.717, 1.165) is 18.4 Å². The van der Waals surface area contributed by atoms with Crippen LogP contribution in [-0.4, -0.2) is 39.6 Å². The summed E-state index contributed by atoms with van der Waals surface area (Å²) in [5, 5.41) is 10.0. The molecular weight excluding hydrogens is 230 g/mol. The fraction of sp³-hybridized carbons (Fsp3) is 0.538. The molecule has 5 nitrogen and oxygen atoms in total. The van der Waals surface area contributed by atoms with Crippen molar-refractivity contribution in [3.63, 3.8) is 0 Å². The summed E-state index contributed by atoms with van der Waals surface area (Å²) in [6, 6.07) is 3.49. The molecule has 1 aliphatic rings. The topological polar surface area (TPSA) is 79.5 Å². The van der Waals surface area contributed by atoms with Gasteiger partial charge in [0.2, 0.25) is 0 Å². The second-order valence-electron chi connectivity index (χ2n) is 4.89. The molecule has 98 valence electrons. The van der Waals surface area contributed by atoms with Gasteiger partial charge >= 0.3 is 0 Å². The number of β-amino-alcohol motifs (C(OH)–C–C–N with tert-alkyl or cyclic N) is 1. The van der Waals surface area contributed by atoms with E-state index in [1.165, 1.54) is 0 Å². The molecule has 0 bridgehead atoms. The van der Waals surface area contributed by atoms with E-state index in [0.29, 0.717) is 25.3 Å². The molecule has 0 atom stereocenters. The molecule has 0 radical (unpaired) electrons. The van der Waals surface area contributed by atoms with Crippen molar-refractivity contribution in [3.8, 4) is 0 Å². The van der Waals surface area contributed by atoms with Crippen LogP contribution in [0.3, 0.4) is 0 Å². The minimum atomic E-state index is -0.693. The zero-order valence-corrected chi connectivity index (χ0v) is 10.6. The molecule has 1 aromatic heterocycles. The Morgan fingerprint density at radius 3 is 2.78 bits per heavy atom. The maximum absolute atomic E-state index is 12.0. The number of aromatic nitrogens is 1. The van der Waals surface area contributed by atoms with E-state index in [9.17, 15) is 9.90 Å². The Kier molecular flexibility index (Phi) is 3.63. The van der Waals surface area contributed by atoms with Gasteiger partial charge in [-0.15, -0.1) is 0 Å². The molecular formula is C13H19N3O2. The van der Waals surface area contributed by atoms with E-state index in [1.54, 1.807) is 23.2 Å². The Balaban J connectivity index is 1.97. The van der Waals surface area contributed by atoms with Crippen LogP contribution in [0.25, 0.3) is 0 Å². The number of likely N-dealkylation sites (tertiary alicyclic amines) is 1. The van der Waals surface area contributed by atoms with Gasteiger partial charge in [-0.05, 0) is 18.1 Å². The predicted octanol–water partition coefficient (Wildman–Crippen LogP) is 0.527. The first-order valence-corrected chi connectivity index (χ1v) is 6.24. The average molecular weight is 249 g/mol. The zero-order chi connectivity index (χ0) is 13.2. The summed E-state index contributed by atoms with van der Waals surface area (Å²) in [6.07, 6.45) is 3.27. The average Bonchev–Trinajstić information content (AvgIpc) is 2.35. The number of rotatable bonds is 4. The molecule has 0 spiro atoms. The van der Waals surface area contributed by atoms with Gasteiger partial charge in [0.05, 0.1) is 18.7 Å². The van der Waals surface area contributed by atoms with E-state index in [1.807, 2.05) is 6.92 Å². The van der Waals surface area contributed by atoms with Crippen molar-refractivity contribution in [1.82, 2.24) is 9.88 Å². The Morgan fingerprint density at radius 1 is 1.56 bits per heavy atom. The number of carbonyl (C=O) groups is 1. The Bertz CT molecular complexity index is 424. The lowest BCUT2D eigenvalue weighted by Crippen LogP contribution is -2.63. The first-order valence-electron chi connectivity index (χ1n) is 6.24. The van der Waals surface area contributed by atoms with Gasteiger partial charge in [0.15, 0.2) is 0 Å². The molecule has 5 heteroatoms. The molecule has 1 amide bonds. The molecule has 0 saturated carbocycles. The van der Waals surface area contributed by atoms with Crippen molar-refractivity contribution in [3.05, 3.63) is 29.6 Å². The van der Waals surface area contributed by atoms with Crippen LogP contribution in [0.15, 0.2) is 18.3 Å². The summed E-state index contributed by atoms with van der Waals surface area (Å²) in [7, 11) is 0. The van der Waals surface area contributed by atoms with Gasteiger partial charge < -0.3 is 15.7 Å². The second-order valence-corrected chi connectivity index (χ2v) is 4.89. The van der Waals surface area contributed by atoms with Crippen LogP contribution in [0.4, 0.5) is 0 Å². The van der Waals surface area contributed by atoms with Crippen molar-refractivity contribution in [2.24, 2.45) is 5.73 Å². The number of nitrogens with two attached hydrogens (primary N) is 1. The lowest BCUT2D eigenvalue weighted by Gasteiger charge is -2.46. The number of amides is 1. The summed E-state index contributed by atoms with van der Waals surface area (Å²) in [5.41, 5.74) is 6.09. The normalized spacial score (nSPS) is 17.4. The Morgan fingerprint density at radius 2 is 2.28 bits per heavy atom. The van der Waals surface area contributed by atoms with Crippen molar-refractivity contribution in [1.29, 1.82) is 0 Å². The van der Waals surface area contributed by atoms with Crippen molar-refractivity contribution in [2.45, 2.75) is 31.9 Å². The van der Waals surface area contributed by atoms with Crippen LogP contribution in [0.5, 0.6) is 0 Å². The predicted molar refractivity (Wildman–Crippen MR) is 67.9 cm³/mol. The Hall–Kier alpha value is -1.46. The zero-order valence-electron chi connectivity index (χ0n) is 10.6. The highest BCUT2D eigenvalue weighted by molar-refractivity contribution is 5.93. The van der Waals surface area contributed by atoms with Crippen LogP contribution < -0.4 is 5.73 Å². The number of nitrogens with zero attached hydrogens (tertiary/aromatic N) is 2. The van der Waals surface area contributed by atoms with Crippen molar-refractivity contribution < 1.29 is 9.90 Å². The van der Waals surface area contributed by atoms with Gasteiger partial charge in [-0.25, -0.2) is 0 Å². The van der Waals surface area contributed by atoms with Gasteiger partial charge in [0, 0.05) is 12.7 Å². The minimum absolute atomic E-state index is 0.126. The van der Waals surface area contributed by atoms with Crippen LogP contribution in [0.2, 0.25) is 0 Å². The molecule has 1 saturated heterocycles. The second kappa shape index (κ2) is 5.04. The van der Waals surface area contributed by atoms with E-state index in [-0.39, 0.29) is 5.91 Å². The molecule has 0 aliphatic carbocycles. The third kappa shape index (κ3) is 2.52. The summed E-state index contributed by atoms with van der Waals surface area (Å²) in [5.74, 6) is -0.126. The minimum Gasteiger partial charge on any atom is -0.386 e. The van der Waals surface area contributed by atoms with Crippen molar-refractivity contribution >= 4 is 5.91 Å².